The van der Waals surface area contributed by atoms with Crippen molar-refractivity contribution in [3.63, 3.8) is 0 Å². The minimum atomic E-state index is -0.753. The Hall–Kier alpha value is -1.51. The summed E-state index contributed by atoms with van der Waals surface area (Å²) in [6, 6.07) is 0.0353. The number of carbonyl (C=O) groups excluding carboxylic acids is 1. The topological polar surface area (TPSA) is 110 Å². The number of methoxy groups -OCH3 is 1. The van der Waals surface area contributed by atoms with Crippen molar-refractivity contribution in [1.29, 1.82) is 0 Å². The molecule has 0 spiro atoms. The zero-order valence-electron chi connectivity index (χ0n) is 10.8. The van der Waals surface area contributed by atoms with Crippen LogP contribution in [0.25, 0.3) is 0 Å². The number of amides is 1. The molecule has 1 aromatic heterocycles. The molecular weight excluding hydrogens is 252 g/mol. The molecule has 106 valence electrons. The summed E-state index contributed by atoms with van der Waals surface area (Å²) in [6.45, 7) is 1.15. The van der Waals surface area contributed by atoms with E-state index < -0.39 is 12.0 Å². The van der Waals surface area contributed by atoms with Crippen LogP contribution < -0.4 is 10.6 Å². The number of nitrogens with zero attached hydrogens (tertiary/aromatic N) is 2. The molecule has 8 nitrogen and oxygen atoms in total. The van der Waals surface area contributed by atoms with E-state index in [9.17, 15) is 9.90 Å². The summed E-state index contributed by atoms with van der Waals surface area (Å²) in [5.41, 5.74) is 0. The highest BCUT2D eigenvalue weighted by atomic mass is 16.5. The van der Waals surface area contributed by atoms with Crippen LogP contribution in [0.1, 0.15) is 35.4 Å². The van der Waals surface area contributed by atoms with Gasteiger partial charge >= 0.3 is 0 Å². The molecule has 1 aliphatic rings. The molecular formula is C11H18N4O4. The summed E-state index contributed by atoms with van der Waals surface area (Å²) >= 11 is 0. The molecule has 19 heavy (non-hydrogen) atoms. The van der Waals surface area contributed by atoms with E-state index >= 15 is 0 Å². The van der Waals surface area contributed by atoms with Gasteiger partial charge in [0.15, 0.2) is 0 Å². The van der Waals surface area contributed by atoms with Crippen LogP contribution in [-0.2, 0) is 4.74 Å². The smallest absolute Gasteiger partial charge is 0.292 e. The van der Waals surface area contributed by atoms with Crippen LogP contribution >= 0.6 is 0 Å². The fourth-order valence-corrected chi connectivity index (χ4v) is 1.91. The van der Waals surface area contributed by atoms with Gasteiger partial charge in [0.05, 0.1) is 18.8 Å². The highest BCUT2D eigenvalue weighted by Gasteiger charge is 2.24. The second kappa shape index (κ2) is 6.60. The van der Waals surface area contributed by atoms with E-state index in [1.807, 2.05) is 0 Å². The largest absolute Gasteiger partial charge is 0.389 e. The number of ether oxygens (including phenoxy) is 1. The minimum Gasteiger partial charge on any atom is -0.389 e. The first-order valence-corrected chi connectivity index (χ1v) is 6.23. The van der Waals surface area contributed by atoms with E-state index in [0.717, 1.165) is 19.4 Å². The molecule has 1 fully saturated rings. The third kappa shape index (κ3) is 3.72. The van der Waals surface area contributed by atoms with Crippen molar-refractivity contribution in [2.24, 2.45) is 0 Å². The van der Waals surface area contributed by atoms with Gasteiger partial charge in [0.25, 0.3) is 11.7 Å². The Balaban J connectivity index is 1.85. The predicted molar refractivity (Wildman–Crippen MR) is 64.5 cm³/mol. The lowest BCUT2D eigenvalue weighted by atomic mass is 10.2. The van der Waals surface area contributed by atoms with Gasteiger partial charge in [-0.2, -0.15) is 4.98 Å². The Morgan fingerprint density at radius 1 is 1.74 bits per heavy atom. The number of rotatable bonds is 6. The molecule has 0 aromatic carbocycles. The summed E-state index contributed by atoms with van der Waals surface area (Å²) < 4.78 is 9.81. The lowest BCUT2D eigenvalue weighted by Gasteiger charge is -2.08. The quantitative estimate of drug-likeness (QED) is 0.622. The van der Waals surface area contributed by atoms with Gasteiger partial charge in [-0.05, 0) is 19.4 Å². The molecule has 1 aliphatic heterocycles. The van der Waals surface area contributed by atoms with E-state index in [2.05, 4.69) is 20.8 Å². The van der Waals surface area contributed by atoms with Crippen LogP contribution in [0.3, 0.4) is 0 Å². The van der Waals surface area contributed by atoms with E-state index in [-0.39, 0.29) is 25.0 Å². The summed E-state index contributed by atoms with van der Waals surface area (Å²) in [5.74, 6) is -0.0587. The van der Waals surface area contributed by atoms with E-state index in [1.54, 1.807) is 0 Å². The Bertz CT molecular complexity index is 417. The molecule has 3 N–H and O–H groups in total. The Morgan fingerprint density at radius 3 is 3.26 bits per heavy atom. The molecule has 2 unspecified atom stereocenters. The fourth-order valence-electron chi connectivity index (χ4n) is 1.91. The van der Waals surface area contributed by atoms with Crippen molar-refractivity contribution in [2.75, 3.05) is 26.8 Å². The minimum absolute atomic E-state index is 0.0201. The van der Waals surface area contributed by atoms with Crippen LogP contribution in [0.15, 0.2) is 4.52 Å². The summed E-state index contributed by atoms with van der Waals surface area (Å²) in [6.07, 6.45) is 1.23. The Morgan fingerprint density at radius 2 is 2.58 bits per heavy atom. The van der Waals surface area contributed by atoms with Gasteiger partial charge in [-0.3, -0.25) is 4.79 Å². The maximum atomic E-state index is 11.7. The van der Waals surface area contributed by atoms with Gasteiger partial charge < -0.3 is 25.0 Å². The molecule has 1 saturated heterocycles. The first kappa shape index (κ1) is 13.9. The monoisotopic (exact) mass is 270 g/mol. The number of aromatic nitrogens is 2. The average Bonchev–Trinajstić information content (AvgIpc) is 3.06. The summed E-state index contributed by atoms with van der Waals surface area (Å²) in [4.78, 5) is 15.8. The van der Waals surface area contributed by atoms with Crippen LogP contribution in [0.2, 0.25) is 0 Å². The molecule has 2 rings (SSSR count). The number of hydrogen-bond donors (Lipinski definition) is 3. The van der Waals surface area contributed by atoms with Gasteiger partial charge in [0.2, 0.25) is 5.89 Å². The first-order valence-electron chi connectivity index (χ1n) is 6.23. The molecule has 2 heterocycles. The standard InChI is InChI=1S/C11H18N4O4/c1-18-6-7(16)5-13-10(17)9-14-11(19-15-9)8-3-2-4-12-8/h7-8,12,16H,2-6H2,1H3,(H,13,17). The molecule has 0 saturated carbocycles. The average molecular weight is 270 g/mol. The number of aliphatic hydroxyl groups is 1. The zero-order chi connectivity index (χ0) is 13.7. The third-order valence-electron chi connectivity index (χ3n) is 2.86. The fraction of sp³-hybridized carbons (Fsp3) is 0.727. The zero-order valence-corrected chi connectivity index (χ0v) is 10.8. The molecule has 0 aliphatic carbocycles. The maximum absolute atomic E-state index is 11.7. The normalized spacial score (nSPS) is 20.4. The summed E-state index contributed by atoms with van der Waals surface area (Å²) in [5, 5.41) is 18.8. The van der Waals surface area contributed by atoms with E-state index in [1.165, 1.54) is 7.11 Å². The first-order chi connectivity index (χ1) is 9.20. The number of nitrogens with one attached hydrogen (secondary N) is 2. The number of hydrogen-bond acceptors (Lipinski definition) is 7. The van der Waals surface area contributed by atoms with Gasteiger partial charge in [0.1, 0.15) is 0 Å². The lowest BCUT2D eigenvalue weighted by molar-refractivity contribution is 0.0606. The van der Waals surface area contributed by atoms with Crippen molar-refractivity contribution < 1.29 is 19.2 Å². The number of carbonyl (C=O) groups is 1. The Kier molecular flexibility index (Phi) is 4.83. The van der Waals surface area contributed by atoms with E-state index in [0.29, 0.717) is 5.89 Å². The van der Waals surface area contributed by atoms with Crippen molar-refractivity contribution >= 4 is 5.91 Å². The van der Waals surface area contributed by atoms with Crippen molar-refractivity contribution in [1.82, 2.24) is 20.8 Å². The predicted octanol–water partition coefficient (Wildman–Crippen LogP) is -0.769. The molecule has 0 bridgehead atoms. The van der Waals surface area contributed by atoms with Crippen LogP contribution in [0, 0.1) is 0 Å². The molecule has 0 radical (unpaired) electrons. The van der Waals surface area contributed by atoms with Crippen molar-refractivity contribution in [3.05, 3.63) is 11.7 Å². The van der Waals surface area contributed by atoms with Gasteiger partial charge in [0, 0.05) is 13.7 Å². The second-order valence-electron chi connectivity index (χ2n) is 4.42. The highest BCUT2D eigenvalue weighted by molar-refractivity contribution is 5.90. The van der Waals surface area contributed by atoms with Crippen LogP contribution in [0.4, 0.5) is 0 Å². The van der Waals surface area contributed by atoms with Crippen molar-refractivity contribution in [2.45, 2.75) is 25.0 Å². The second-order valence-corrected chi connectivity index (χ2v) is 4.42. The van der Waals surface area contributed by atoms with Gasteiger partial charge in [-0.25, -0.2) is 0 Å². The SMILES string of the molecule is COCC(O)CNC(=O)c1noc(C2CCCN2)n1. The molecule has 1 aromatic rings. The Labute approximate surface area is 110 Å². The van der Waals surface area contributed by atoms with Crippen molar-refractivity contribution in [3.8, 4) is 0 Å². The number of aliphatic hydroxyl groups excluding tert-OH is 1. The van der Waals surface area contributed by atoms with Gasteiger partial charge in [-0.15, -0.1) is 0 Å². The highest BCUT2D eigenvalue weighted by Crippen LogP contribution is 2.20. The lowest BCUT2D eigenvalue weighted by Crippen LogP contribution is -2.34. The molecule has 8 heteroatoms. The van der Waals surface area contributed by atoms with E-state index in [4.69, 9.17) is 9.26 Å². The molecule has 2 atom stereocenters. The van der Waals surface area contributed by atoms with Crippen LogP contribution in [-0.4, -0.2) is 54.1 Å². The molecule has 1 amide bonds. The maximum Gasteiger partial charge on any atom is 0.292 e. The van der Waals surface area contributed by atoms with Gasteiger partial charge in [-0.1, -0.05) is 5.16 Å². The third-order valence-corrected chi connectivity index (χ3v) is 2.86. The van der Waals surface area contributed by atoms with Crippen LogP contribution in [0.5, 0.6) is 0 Å². The summed E-state index contributed by atoms with van der Waals surface area (Å²) in [7, 11) is 1.48.